The average molecular weight is 276 g/mol. The maximum absolute atomic E-state index is 11.0. The molecule has 1 unspecified atom stereocenters. The molecule has 2 bridgehead atoms. The monoisotopic (exact) mass is 276 g/mol. The Kier molecular flexibility index (Phi) is 3.53. The summed E-state index contributed by atoms with van der Waals surface area (Å²) >= 11 is 0. The standard InChI is InChI=1S/C15H20N2O3/c1-19-14-11(3-2-4-13(14)20-15(16)18)12-9-17-7-5-10(12)6-8-17/h2-4,10,12H,5-9H2,1H3,(H2,16,18). The van der Waals surface area contributed by atoms with Crippen LogP contribution in [0.2, 0.25) is 0 Å². The van der Waals surface area contributed by atoms with E-state index in [9.17, 15) is 4.79 Å². The summed E-state index contributed by atoms with van der Waals surface area (Å²) in [6, 6.07) is 5.68. The number of benzene rings is 1. The molecule has 0 aromatic heterocycles. The highest BCUT2D eigenvalue weighted by Crippen LogP contribution is 2.44. The van der Waals surface area contributed by atoms with Crippen LogP contribution in [0, 0.1) is 5.92 Å². The maximum atomic E-state index is 11.0. The molecule has 3 fully saturated rings. The number of hydrogen-bond donors (Lipinski definition) is 1. The van der Waals surface area contributed by atoms with Gasteiger partial charge in [0.1, 0.15) is 0 Å². The second-order valence-electron chi connectivity index (χ2n) is 5.54. The van der Waals surface area contributed by atoms with Crippen molar-refractivity contribution in [3.8, 4) is 11.5 Å². The third-order valence-corrected chi connectivity index (χ3v) is 4.48. The molecule has 1 atom stereocenters. The van der Waals surface area contributed by atoms with Crippen molar-refractivity contribution in [2.45, 2.75) is 18.8 Å². The Hall–Kier alpha value is -1.75. The summed E-state index contributed by atoms with van der Waals surface area (Å²) in [5, 5.41) is 0. The van der Waals surface area contributed by atoms with Gasteiger partial charge in [-0.3, -0.25) is 0 Å². The number of carbonyl (C=O) groups excluding carboxylic acids is 1. The minimum atomic E-state index is -0.811. The zero-order valence-electron chi connectivity index (χ0n) is 11.7. The zero-order valence-corrected chi connectivity index (χ0v) is 11.7. The lowest BCUT2D eigenvalue weighted by molar-refractivity contribution is 0.0858. The van der Waals surface area contributed by atoms with Gasteiger partial charge in [-0.15, -0.1) is 0 Å². The second-order valence-corrected chi connectivity index (χ2v) is 5.54. The SMILES string of the molecule is COc1c(OC(N)=O)cccc1C1CN2CCC1CC2. The smallest absolute Gasteiger partial charge is 0.410 e. The molecule has 1 amide bonds. The predicted molar refractivity (Wildman–Crippen MR) is 75.1 cm³/mol. The normalized spacial score (nSPS) is 28.1. The van der Waals surface area contributed by atoms with E-state index < -0.39 is 6.09 Å². The van der Waals surface area contributed by atoms with Crippen LogP contribution >= 0.6 is 0 Å². The van der Waals surface area contributed by atoms with Crippen molar-refractivity contribution in [2.24, 2.45) is 11.7 Å². The summed E-state index contributed by atoms with van der Waals surface area (Å²) in [5.74, 6) is 2.20. The first kappa shape index (κ1) is 13.2. The van der Waals surface area contributed by atoms with Gasteiger partial charge in [0.2, 0.25) is 0 Å². The van der Waals surface area contributed by atoms with E-state index in [1.807, 2.05) is 6.07 Å². The van der Waals surface area contributed by atoms with Crippen molar-refractivity contribution in [1.29, 1.82) is 0 Å². The Morgan fingerprint density at radius 1 is 1.35 bits per heavy atom. The fourth-order valence-corrected chi connectivity index (χ4v) is 3.55. The number of hydrogen-bond acceptors (Lipinski definition) is 4. The first-order valence-corrected chi connectivity index (χ1v) is 7.05. The van der Waals surface area contributed by atoms with E-state index in [0.717, 1.165) is 12.1 Å². The Morgan fingerprint density at radius 3 is 2.65 bits per heavy atom. The van der Waals surface area contributed by atoms with Gasteiger partial charge >= 0.3 is 6.09 Å². The molecule has 2 N–H and O–H groups in total. The van der Waals surface area contributed by atoms with Crippen LogP contribution in [0.3, 0.4) is 0 Å². The molecule has 1 aromatic rings. The molecule has 0 spiro atoms. The van der Waals surface area contributed by atoms with E-state index in [1.165, 1.54) is 25.9 Å². The molecule has 0 aliphatic carbocycles. The highest BCUT2D eigenvalue weighted by molar-refractivity contribution is 5.69. The minimum absolute atomic E-state index is 0.411. The van der Waals surface area contributed by atoms with Crippen LogP contribution in [0.1, 0.15) is 24.3 Å². The van der Waals surface area contributed by atoms with Gasteiger partial charge < -0.3 is 20.1 Å². The highest BCUT2D eigenvalue weighted by atomic mass is 16.6. The second kappa shape index (κ2) is 5.32. The molecular formula is C15H20N2O3. The number of carbonyl (C=O) groups is 1. The first-order valence-electron chi connectivity index (χ1n) is 7.05. The molecule has 4 rings (SSSR count). The number of piperidine rings is 3. The molecule has 5 heteroatoms. The number of nitrogens with zero attached hydrogens (tertiary/aromatic N) is 1. The molecule has 3 heterocycles. The number of rotatable bonds is 3. The molecule has 3 aliphatic rings. The van der Waals surface area contributed by atoms with Crippen LogP contribution in [0.15, 0.2) is 18.2 Å². The lowest BCUT2D eigenvalue weighted by Gasteiger charge is -2.45. The summed E-state index contributed by atoms with van der Waals surface area (Å²) in [6.07, 6.45) is 1.65. The largest absolute Gasteiger partial charge is 0.493 e. The van der Waals surface area contributed by atoms with Crippen LogP contribution in [0.25, 0.3) is 0 Å². The van der Waals surface area contributed by atoms with Crippen molar-refractivity contribution in [2.75, 3.05) is 26.7 Å². The van der Waals surface area contributed by atoms with E-state index in [0.29, 0.717) is 23.3 Å². The van der Waals surface area contributed by atoms with Gasteiger partial charge in [0.05, 0.1) is 7.11 Å². The van der Waals surface area contributed by atoms with Gasteiger partial charge in [-0.05, 0) is 37.9 Å². The summed E-state index contributed by atoms with van der Waals surface area (Å²) in [4.78, 5) is 13.5. The number of fused-ring (bicyclic) bond motifs is 3. The van der Waals surface area contributed by atoms with Gasteiger partial charge in [-0.2, -0.15) is 0 Å². The number of primary amides is 1. The average Bonchev–Trinajstić information content (AvgIpc) is 2.47. The Bertz CT molecular complexity index is 510. The molecular weight excluding hydrogens is 256 g/mol. The van der Waals surface area contributed by atoms with E-state index in [-0.39, 0.29) is 0 Å². The van der Waals surface area contributed by atoms with Crippen molar-refractivity contribution in [3.63, 3.8) is 0 Å². The van der Waals surface area contributed by atoms with Crippen LogP contribution in [0.4, 0.5) is 4.79 Å². The number of amides is 1. The first-order chi connectivity index (χ1) is 9.69. The van der Waals surface area contributed by atoms with Gasteiger partial charge in [0, 0.05) is 18.0 Å². The van der Waals surface area contributed by atoms with E-state index in [1.54, 1.807) is 13.2 Å². The van der Waals surface area contributed by atoms with Gasteiger partial charge in [-0.1, -0.05) is 12.1 Å². The number of nitrogens with two attached hydrogens (primary N) is 1. The van der Waals surface area contributed by atoms with Crippen LogP contribution in [-0.4, -0.2) is 37.7 Å². The van der Waals surface area contributed by atoms with E-state index in [2.05, 4.69) is 11.0 Å². The third-order valence-electron chi connectivity index (χ3n) is 4.48. The quantitative estimate of drug-likeness (QED) is 0.916. The van der Waals surface area contributed by atoms with Gasteiger partial charge in [0.25, 0.3) is 0 Å². The molecule has 108 valence electrons. The molecule has 5 nitrogen and oxygen atoms in total. The van der Waals surface area contributed by atoms with Crippen molar-refractivity contribution in [1.82, 2.24) is 4.90 Å². The van der Waals surface area contributed by atoms with E-state index in [4.69, 9.17) is 15.2 Å². The number of methoxy groups -OCH3 is 1. The molecule has 3 saturated heterocycles. The Labute approximate surface area is 118 Å². The van der Waals surface area contributed by atoms with Crippen LogP contribution in [-0.2, 0) is 0 Å². The van der Waals surface area contributed by atoms with Crippen LogP contribution < -0.4 is 15.2 Å². The fraction of sp³-hybridized carbons (Fsp3) is 0.533. The van der Waals surface area contributed by atoms with E-state index >= 15 is 0 Å². The molecule has 0 radical (unpaired) electrons. The lowest BCUT2D eigenvalue weighted by Crippen LogP contribution is -2.46. The Morgan fingerprint density at radius 2 is 2.10 bits per heavy atom. The summed E-state index contributed by atoms with van der Waals surface area (Å²) in [6.45, 7) is 3.45. The topological polar surface area (TPSA) is 64.8 Å². The minimum Gasteiger partial charge on any atom is -0.493 e. The fourth-order valence-electron chi connectivity index (χ4n) is 3.55. The lowest BCUT2D eigenvalue weighted by atomic mass is 9.75. The Balaban J connectivity index is 1.94. The van der Waals surface area contributed by atoms with Crippen molar-refractivity contribution in [3.05, 3.63) is 23.8 Å². The number of para-hydroxylation sites is 1. The van der Waals surface area contributed by atoms with Gasteiger partial charge in [0.15, 0.2) is 11.5 Å². The van der Waals surface area contributed by atoms with Crippen molar-refractivity contribution < 1.29 is 14.3 Å². The zero-order chi connectivity index (χ0) is 14.1. The molecule has 20 heavy (non-hydrogen) atoms. The third kappa shape index (κ3) is 2.33. The highest BCUT2D eigenvalue weighted by Gasteiger charge is 2.36. The molecule has 1 aromatic carbocycles. The van der Waals surface area contributed by atoms with Crippen molar-refractivity contribution >= 4 is 6.09 Å². The molecule has 3 aliphatic heterocycles. The van der Waals surface area contributed by atoms with Gasteiger partial charge in [-0.25, -0.2) is 4.79 Å². The number of ether oxygens (including phenoxy) is 2. The summed E-state index contributed by atoms with van der Waals surface area (Å²) in [5.41, 5.74) is 6.24. The summed E-state index contributed by atoms with van der Waals surface area (Å²) < 4.78 is 10.5. The maximum Gasteiger partial charge on any atom is 0.410 e. The summed E-state index contributed by atoms with van der Waals surface area (Å²) in [7, 11) is 1.61. The predicted octanol–water partition coefficient (Wildman–Crippen LogP) is 1.96. The van der Waals surface area contributed by atoms with Crippen LogP contribution in [0.5, 0.6) is 11.5 Å². The molecule has 0 saturated carbocycles.